The van der Waals surface area contributed by atoms with E-state index in [-0.39, 0.29) is 60.8 Å². The molecule has 2 unspecified atom stereocenters. The number of imide groups is 2. The van der Waals surface area contributed by atoms with Crippen molar-refractivity contribution < 1.29 is 38.2 Å². The third-order valence-corrected chi connectivity index (χ3v) is 8.73. The average molecular weight is 633 g/mol. The number of benzene rings is 2. The molecule has 46 heavy (non-hydrogen) atoms. The summed E-state index contributed by atoms with van der Waals surface area (Å²) in [6.07, 6.45) is 3.41. The lowest BCUT2D eigenvalue weighted by Crippen LogP contribution is -2.45. The van der Waals surface area contributed by atoms with Crippen LogP contribution in [-0.2, 0) is 41.5 Å². The smallest absolute Gasteiger partial charge is 0.416 e. The van der Waals surface area contributed by atoms with Crippen molar-refractivity contribution in [1.29, 1.82) is 0 Å². The van der Waals surface area contributed by atoms with Gasteiger partial charge in [-0.1, -0.05) is 60.7 Å². The third kappa shape index (κ3) is 8.29. The first-order valence-electron chi connectivity index (χ1n) is 15.9. The van der Waals surface area contributed by atoms with Crippen molar-refractivity contribution in [3.8, 4) is 0 Å². The van der Waals surface area contributed by atoms with Crippen LogP contribution in [0, 0.1) is 11.8 Å². The fourth-order valence-corrected chi connectivity index (χ4v) is 6.22. The van der Waals surface area contributed by atoms with E-state index < -0.39 is 12.2 Å². The fraction of sp³-hybridized carbons (Fsp3) is 0.471. The summed E-state index contributed by atoms with van der Waals surface area (Å²) in [5.74, 6) is -1.27. The molecule has 0 aliphatic carbocycles. The van der Waals surface area contributed by atoms with Crippen LogP contribution in [0.3, 0.4) is 0 Å². The molecule has 0 saturated carbocycles. The molecule has 4 fully saturated rings. The molecule has 2 aromatic carbocycles. The summed E-state index contributed by atoms with van der Waals surface area (Å²) in [6, 6.07) is 18.9. The summed E-state index contributed by atoms with van der Waals surface area (Å²) in [6.45, 7) is 1.02. The molecular weight excluding hydrogens is 592 g/mol. The third-order valence-electron chi connectivity index (χ3n) is 8.73. The molecule has 4 heterocycles. The molecular formula is C34H40N4O8. The minimum atomic E-state index is -0.577. The number of carbonyl (C=O) groups is 6. The Morgan fingerprint density at radius 1 is 0.630 bits per heavy atom. The zero-order chi connectivity index (χ0) is 32.5. The van der Waals surface area contributed by atoms with E-state index in [1.54, 1.807) is 0 Å². The van der Waals surface area contributed by atoms with Crippen molar-refractivity contribution in [1.82, 2.24) is 20.4 Å². The highest BCUT2D eigenvalue weighted by molar-refractivity contribution is 5.96. The first-order chi connectivity index (χ1) is 22.3. The van der Waals surface area contributed by atoms with E-state index in [1.165, 1.54) is 9.80 Å². The lowest BCUT2D eigenvalue weighted by molar-refractivity contribution is -0.134. The summed E-state index contributed by atoms with van der Waals surface area (Å²) < 4.78 is 10.2. The Kier molecular flexibility index (Phi) is 11.0. The number of cyclic esters (lactones) is 2. The van der Waals surface area contributed by atoms with E-state index in [9.17, 15) is 28.8 Å². The highest BCUT2D eigenvalue weighted by Crippen LogP contribution is 2.24. The van der Waals surface area contributed by atoms with Crippen LogP contribution >= 0.6 is 0 Å². The normalized spacial score (nSPS) is 24.8. The number of rotatable bonds is 6. The largest absolute Gasteiger partial charge is 0.447 e. The van der Waals surface area contributed by atoms with Gasteiger partial charge in [0.1, 0.15) is 13.2 Å². The van der Waals surface area contributed by atoms with Gasteiger partial charge in [-0.3, -0.25) is 19.2 Å². The van der Waals surface area contributed by atoms with Crippen molar-refractivity contribution in [2.75, 3.05) is 26.3 Å². The molecule has 2 aromatic rings. The number of hydrogen-bond acceptors (Lipinski definition) is 8. The standard InChI is InChI=1S/2C17H20N2O4/c2*20-15-8-4-7-13(10-18-15)16(21)19-14(11-23-17(19)22)9-12-5-2-1-3-6-12/h2*1-3,5-6,13-14H,4,7-11H2,(H,18,20)/t13?,14-;13-,14?/m11/s1. The maximum atomic E-state index is 12.7. The van der Waals surface area contributed by atoms with Crippen LogP contribution in [0.15, 0.2) is 60.7 Å². The second-order valence-corrected chi connectivity index (χ2v) is 12.0. The number of nitrogens with one attached hydrogen (secondary N) is 2. The SMILES string of the molecule is O=C1CCCC(C(=O)N2C(=O)OC[C@H]2Cc2ccccc2)CN1.O=C1CCC[C@@H](C(=O)N2C(=O)OCC2Cc2ccccc2)CN1. The number of hydrogen-bond donors (Lipinski definition) is 2. The van der Waals surface area contributed by atoms with E-state index in [0.29, 0.717) is 64.5 Å². The summed E-state index contributed by atoms with van der Waals surface area (Å²) in [4.78, 5) is 74.8. The van der Waals surface area contributed by atoms with Gasteiger partial charge in [0.25, 0.3) is 0 Å². The highest BCUT2D eigenvalue weighted by atomic mass is 16.6. The molecule has 12 nitrogen and oxygen atoms in total. The van der Waals surface area contributed by atoms with Crippen molar-refractivity contribution in [2.24, 2.45) is 11.8 Å². The van der Waals surface area contributed by atoms with E-state index in [1.807, 2.05) is 60.7 Å². The van der Waals surface area contributed by atoms with Gasteiger partial charge in [0.05, 0.1) is 23.9 Å². The molecule has 12 heteroatoms. The van der Waals surface area contributed by atoms with Crippen LogP contribution in [-0.4, -0.2) is 84.0 Å². The summed E-state index contributed by atoms with van der Waals surface area (Å²) in [5.41, 5.74) is 2.12. The summed E-state index contributed by atoms with van der Waals surface area (Å²) in [5, 5.41) is 5.48. The molecule has 4 aliphatic heterocycles. The molecule has 6 amide bonds. The van der Waals surface area contributed by atoms with Gasteiger partial charge in [0, 0.05) is 25.9 Å². The molecule has 0 bridgehead atoms. The predicted molar refractivity (Wildman–Crippen MR) is 165 cm³/mol. The molecule has 0 aromatic heterocycles. The van der Waals surface area contributed by atoms with Crippen LogP contribution in [0.2, 0.25) is 0 Å². The van der Waals surface area contributed by atoms with Crippen LogP contribution in [0.4, 0.5) is 9.59 Å². The van der Waals surface area contributed by atoms with Gasteiger partial charge in [-0.2, -0.15) is 0 Å². The van der Waals surface area contributed by atoms with E-state index in [0.717, 1.165) is 11.1 Å². The summed E-state index contributed by atoms with van der Waals surface area (Å²) >= 11 is 0. The van der Waals surface area contributed by atoms with Crippen molar-refractivity contribution in [3.63, 3.8) is 0 Å². The Morgan fingerprint density at radius 2 is 1.02 bits per heavy atom. The number of ether oxygens (including phenoxy) is 2. The van der Waals surface area contributed by atoms with Crippen molar-refractivity contribution >= 4 is 35.8 Å². The summed E-state index contributed by atoms with van der Waals surface area (Å²) in [7, 11) is 0. The monoisotopic (exact) mass is 632 g/mol. The molecule has 2 N–H and O–H groups in total. The lowest BCUT2D eigenvalue weighted by Gasteiger charge is -2.24. The number of amides is 6. The Balaban J connectivity index is 0.000000181. The van der Waals surface area contributed by atoms with Crippen LogP contribution < -0.4 is 10.6 Å². The zero-order valence-electron chi connectivity index (χ0n) is 25.7. The Morgan fingerprint density at radius 3 is 1.41 bits per heavy atom. The Bertz CT molecular complexity index is 1310. The van der Waals surface area contributed by atoms with Gasteiger partial charge in [-0.05, 0) is 49.7 Å². The molecule has 0 radical (unpaired) electrons. The van der Waals surface area contributed by atoms with Gasteiger partial charge in [-0.25, -0.2) is 19.4 Å². The number of nitrogens with zero attached hydrogens (tertiary/aromatic N) is 2. The first kappa shape index (κ1) is 32.6. The molecule has 244 valence electrons. The predicted octanol–water partition coefficient (Wildman–Crippen LogP) is 2.99. The molecule has 6 rings (SSSR count). The minimum absolute atomic E-state index is 0.0369. The van der Waals surface area contributed by atoms with Gasteiger partial charge in [-0.15, -0.1) is 0 Å². The zero-order valence-corrected chi connectivity index (χ0v) is 25.7. The van der Waals surface area contributed by atoms with Gasteiger partial charge >= 0.3 is 12.2 Å². The fourth-order valence-electron chi connectivity index (χ4n) is 6.22. The van der Waals surface area contributed by atoms with Crippen molar-refractivity contribution in [2.45, 2.75) is 63.5 Å². The topological polar surface area (TPSA) is 151 Å². The number of carbonyl (C=O) groups excluding carboxylic acids is 6. The van der Waals surface area contributed by atoms with Gasteiger partial charge in [0.2, 0.25) is 23.6 Å². The van der Waals surface area contributed by atoms with Gasteiger partial charge in [0.15, 0.2) is 0 Å². The quantitative estimate of drug-likeness (QED) is 0.493. The first-order valence-corrected chi connectivity index (χ1v) is 15.9. The lowest BCUT2D eigenvalue weighted by atomic mass is 9.99. The maximum Gasteiger partial charge on any atom is 0.416 e. The Labute approximate surface area is 267 Å². The minimum Gasteiger partial charge on any atom is -0.447 e. The maximum absolute atomic E-state index is 12.7. The second-order valence-electron chi connectivity index (χ2n) is 12.0. The van der Waals surface area contributed by atoms with E-state index >= 15 is 0 Å². The van der Waals surface area contributed by atoms with Crippen molar-refractivity contribution in [3.05, 3.63) is 71.8 Å². The van der Waals surface area contributed by atoms with Crippen LogP contribution in [0.25, 0.3) is 0 Å². The van der Waals surface area contributed by atoms with E-state index in [2.05, 4.69) is 10.6 Å². The van der Waals surface area contributed by atoms with Crippen LogP contribution in [0.1, 0.15) is 49.7 Å². The Hall–Kier alpha value is -4.74. The molecule has 4 aliphatic rings. The van der Waals surface area contributed by atoms with E-state index in [4.69, 9.17) is 9.47 Å². The molecule has 4 atom stereocenters. The van der Waals surface area contributed by atoms with Gasteiger partial charge < -0.3 is 20.1 Å². The highest BCUT2D eigenvalue weighted by Gasteiger charge is 2.42. The molecule has 4 saturated heterocycles. The second kappa shape index (κ2) is 15.5. The average Bonchev–Trinajstić information content (AvgIpc) is 3.40. The van der Waals surface area contributed by atoms with Crippen LogP contribution in [0.5, 0.6) is 0 Å². The molecule has 0 spiro atoms.